The topological polar surface area (TPSA) is 55.1 Å². The van der Waals surface area contributed by atoms with Crippen LogP contribution in [-0.4, -0.2) is 12.3 Å². The zero-order valence-corrected chi connectivity index (χ0v) is 9.34. The van der Waals surface area contributed by atoms with Crippen LogP contribution in [0.25, 0.3) is 0 Å². The number of nitrogens with two attached hydrogens (primary N) is 1. The fourth-order valence-electron chi connectivity index (χ4n) is 1.38. The van der Waals surface area contributed by atoms with Gasteiger partial charge in [-0.25, -0.2) is 0 Å². The quantitative estimate of drug-likeness (QED) is 0.442. The van der Waals surface area contributed by atoms with Gasteiger partial charge in [0.2, 0.25) is 0 Å². The molecular weight excluding hydrogens is 188 g/mol. The van der Waals surface area contributed by atoms with Crippen molar-refractivity contribution in [1.29, 1.82) is 0 Å². The molecule has 0 radical (unpaired) electrons. The lowest BCUT2D eigenvalue weighted by atomic mass is 10.1. The summed E-state index contributed by atoms with van der Waals surface area (Å²) in [5.74, 6) is 0.00615. The summed E-state index contributed by atoms with van der Waals surface area (Å²) in [6.45, 7) is 4.60. The molecule has 3 nitrogen and oxygen atoms in total. The van der Waals surface area contributed by atoms with Gasteiger partial charge in [-0.2, -0.15) is 0 Å². The lowest BCUT2D eigenvalue weighted by molar-refractivity contribution is 0.101. The van der Waals surface area contributed by atoms with Crippen molar-refractivity contribution < 1.29 is 4.79 Å². The Bertz CT molecular complexity index is 347. The Labute approximate surface area is 90.7 Å². The molecule has 0 saturated carbocycles. The van der Waals surface area contributed by atoms with E-state index in [9.17, 15) is 4.79 Å². The van der Waals surface area contributed by atoms with E-state index in [1.165, 1.54) is 6.92 Å². The fourth-order valence-corrected chi connectivity index (χ4v) is 1.38. The monoisotopic (exact) mass is 206 g/mol. The summed E-state index contributed by atoms with van der Waals surface area (Å²) in [6, 6.07) is 5.48. The van der Waals surface area contributed by atoms with Crippen molar-refractivity contribution in [2.24, 2.45) is 0 Å². The first-order chi connectivity index (χ1) is 7.15. The lowest BCUT2D eigenvalue weighted by Gasteiger charge is -2.08. The molecule has 1 aromatic rings. The lowest BCUT2D eigenvalue weighted by Crippen LogP contribution is -2.04. The van der Waals surface area contributed by atoms with E-state index in [0.717, 1.165) is 25.1 Å². The Morgan fingerprint density at radius 3 is 2.80 bits per heavy atom. The molecule has 0 aliphatic heterocycles. The van der Waals surface area contributed by atoms with Gasteiger partial charge in [0.15, 0.2) is 5.78 Å². The number of nitrogen functional groups attached to an aromatic ring is 1. The van der Waals surface area contributed by atoms with E-state index in [2.05, 4.69) is 12.2 Å². The highest BCUT2D eigenvalue weighted by molar-refractivity contribution is 5.99. The highest BCUT2D eigenvalue weighted by atomic mass is 16.1. The van der Waals surface area contributed by atoms with Crippen molar-refractivity contribution >= 4 is 17.2 Å². The van der Waals surface area contributed by atoms with Crippen LogP contribution in [0.5, 0.6) is 0 Å². The van der Waals surface area contributed by atoms with E-state index in [4.69, 9.17) is 5.73 Å². The number of unbranched alkanes of at least 4 members (excludes halogenated alkanes) is 1. The number of rotatable bonds is 5. The molecule has 3 heteroatoms. The molecule has 0 bridgehead atoms. The maximum atomic E-state index is 11.2. The van der Waals surface area contributed by atoms with E-state index in [0.29, 0.717) is 11.3 Å². The van der Waals surface area contributed by atoms with Gasteiger partial charge in [0, 0.05) is 23.5 Å². The van der Waals surface area contributed by atoms with Crippen molar-refractivity contribution in [3.63, 3.8) is 0 Å². The number of Topliss-reactive ketones (excluding diaryl/α,β-unsaturated/α-hetero) is 1. The Morgan fingerprint density at radius 2 is 2.20 bits per heavy atom. The summed E-state index contributed by atoms with van der Waals surface area (Å²) < 4.78 is 0. The minimum absolute atomic E-state index is 0.00615. The van der Waals surface area contributed by atoms with Crippen molar-refractivity contribution in [3.8, 4) is 0 Å². The van der Waals surface area contributed by atoms with Gasteiger partial charge in [0.25, 0.3) is 0 Å². The third-order valence-corrected chi connectivity index (χ3v) is 2.29. The number of hydrogen-bond acceptors (Lipinski definition) is 3. The van der Waals surface area contributed by atoms with E-state index < -0.39 is 0 Å². The Hall–Kier alpha value is -1.51. The number of ketones is 1. The van der Waals surface area contributed by atoms with Gasteiger partial charge in [-0.1, -0.05) is 13.3 Å². The predicted octanol–water partition coefficient (Wildman–Crippen LogP) is 2.68. The summed E-state index contributed by atoms with van der Waals surface area (Å²) in [4.78, 5) is 11.2. The molecule has 0 amide bonds. The molecule has 0 aromatic heterocycles. The van der Waals surface area contributed by atoms with Gasteiger partial charge < -0.3 is 11.1 Å². The van der Waals surface area contributed by atoms with E-state index in [-0.39, 0.29) is 5.78 Å². The summed E-state index contributed by atoms with van der Waals surface area (Å²) >= 11 is 0. The maximum absolute atomic E-state index is 11.2. The van der Waals surface area contributed by atoms with Crippen LogP contribution in [0.4, 0.5) is 11.4 Å². The third-order valence-electron chi connectivity index (χ3n) is 2.29. The van der Waals surface area contributed by atoms with E-state index in [1.54, 1.807) is 6.07 Å². The van der Waals surface area contributed by atoms with Crippen LogP contribution < -0.4 is 11.1 Å². The molecule has 0 aliphatic rings. The van der Waals surface area contributed by atoms with Crippen molar-refractivity contribution in [2.45, 2.75) is 26.7 Å². The molecule has 0 heterocycles. The van der Waals surface area contributed by atoms with Crippen LogP contribution in [0.3, 0.4) is 0 Å². The van der Waals surface area contributed by atoms with Crippen molar-refractivity contribution in [1.82, 2.24) is 0 Å². The van der Waals surface area contributed by atoms with Gasteiger partial charge in [-0.3, -0.25) is 4.79 Å². The summed E-state index contributed by atoms with van der Waals surface area (Å²) in [5, 5.41) is 3.26. The minimum atomic E-state index is 0.00615. The number of hydrogen-bond donors (Lipinski definition) is 2. The molecule has 0 aliphatic carbocycles. The highest BCUT2D eigenvalue weighted by Gasteiger charge is 2.05. The van der Waals surface area contributed by atoms with Gasteiger partial charge in [-0.15, -0.1) is 0 Å². The normalized spacial score (nSPS) is 10.0. The zero-order valence-electron chi connectivity index (χ0n) is 9.34. The molecule has 1 aromatic carbocycles. The molecule has 0 atom stereocenters. The van der Waals surface area contributed by atoms with E-state index >= 15 is 0 Å². The SMILES string of the molecule is CCCCNc1ccc(N)c(C(C)=O)c1. The molecule has 0 saturated heterocycles. The highest BCUT2D eigenvalue weighted by Crippen LogP contribution is 2.18. The molecular formula is C12H18N2O. The zero-order chi connectivity index (χ0) is 11.3. The first kappa shape index (κ1) is 11.6. The molecule has 3 N–H and O–H groups in total. The second-order valence-corrected chi connectivity index (χ2v) is 3.64. The van der Waals surface area contributed by atoms with Crippen LogP contribution >= 0.6 is 0 Å². The predicted molar refractivity (Wildman–Crippen MR) is 64.3 cm³/mol. The average molecular weight is 206 g/mol. The fraction of sp³-hybridized carbons (Fsp3) is 0.417. The van der Waals surface area contributed by atoms with Gasteiger partial charge in [0.1, 0.15) is 0 Å². The van der Waals surface area contributed by atoms with E-state index in [1.807, 2.05) is 12.1 Å². The molecule has 15 heavy (non-hydrogen) atoms. The molecule has 0 fully saturated rings. The molecule has 1 rings (SSSR count). The molecule has 0 unspecified atom stereocenters. The summed E-state index contributed by atoms with van der Waals surface area (Å²) in [6.07, 6.45) is 2.28. The first-order valence-electron chi connectivity index (χ1n) is 5.29. The van der Waals surface area contributed by atoms with Crippen molar-refractivity contribution in [2.75, 3.05) is 17.6 Å². The van der Waals surface area contributed by atoms with Gasteiger partial charge in [0.05, 0.1) is 0 Å². The Morgan fingerprint density at radius 1 is 1.47 bits per heavy atom. The number of benzene rings is 1. The Balaban J connectivity index is 2.74. The average Bonchev–Trinajstić information content (AvgIpc) is 2.20. The second kappa shape index (κ2) is 5.39. The Kier molecular flexibility index (Phi) is 4.16. The standard InChI is InChI=1S/C12H18N2O/c1-3-4-7-14-10-5-6-12(13)11(8-10)9(2)15/h5-6,8,14H,3-4,7,13H2,1-2H3. The van der Waals surface area contributed by atoms with Gasteiger partial charge in [-0.05, 0) is 31.5 Å². The third kappa shape index (κ3) is 3.27. The summed E-state index contributed by atoms with van der Waals surface area (Å²) in [5.41, 5.74) is 7.80. The van der Waals surface area contributed by atoms with Crippen molar-refractivity contribution in [3.05, 3.63) is 23.8 Å². The number of anilines is 2. The van der Waals surface area contributed by atoms with Crippen LogP contribution in [-0.2, 0) is 0 Å². The number of carbonyl (C=O) groups is 1. The van der Waals surface area contributed by atoms with Crippen LogP contribution in [0.15, 0.2) is 18.2 Å². The van der Waals surface area contributed by atoms with Gasteiger partial charge >= 0.3 is 0 Å². The largest absolute Gasteiger partial charge is 0.398 e. The van der Waals surface area contributed by atoms with Crippen LogP contribution in [0, 0.1) is 0 Å². The molecule has 0 spiro atoms. The number of carbonyl (C=O) groups excluding carboxylic acids is 1. The second-order valence-electron chi connectivity index (χ2n) is 3.64. The van der Waals surface area contributed by atoms with Crippen LogP contribution in [0.1, 0.15) is 37.0 Å². The molecule has 82 valence electrons. The minimum Gasteiger partial charge on any atom is -0.398 e. The summed E-state index contributed by atoms with van der Waals surface area (Å²) in [7, 11) is 0. The smallest absolute Gasteiger partial charge is 0.161 e. The van der Waals surface area contributed by atoms with Crippen LogP contribution in [0.2, 0.25) is 0 Å². The first-order valence-corrected chi connectivity index (χ1v) is 5.29. The maximum Gasteiger partial charge on any atom is 0.161 e. The number of nitrogens with one attached hydrogen (secondary N) is 1.